The van der Waals surface area contributed by atoms with Crippen LogP contribution >= 0.6 is 0 Å². The van der Waals surface area contributed by atoms with Gasteiger partial charge in [-0.1, -0.05) is 41.5 Å². The molecular weight excluding hydrogens is 288 g/mol. The number of phenolic OH excluding ortho intramolecular Hbond substituents is 1. The van der Waals surface area contributed by atoms with Crippen LogP contribution in [0, 0.1) is 0 Å². The normalized spacial score (nSPS) is 13.5. The molecule has 5 heteroatoms. The third-order valence-electron chi connectivity index (χ3n) is 4.61. The van der Waals surface area contributed by atoms with Crippen molar-refractivity contribution in [3.63, 3.8) is 0 Å². The molecule has 0 atom stereocenters. The van der Waals surface area contributed by atoms with Gasteiger partial charge in [0.1, 0.15) is 5.75 Å². The number of hydrogen-bond acceptors (Lipinski definition) is 3. The highest BCUT2D eigenvalue weighted by Crippen LogP contribution is 2.43. The summed E-state index contributed by atoms with van der Waals surface area (Å²) in [5.74, 6) is 0.126. The van der Waals surface area contributed by atoms with Gasteiger partial charge in [0.25, 0.3) is 10.1 Å². The van der Waals surface area contributed by atoms with Crippen molar-refractivity contribution >= 4 is 10.1 Å². The van der Waals surface area contributed by atoms with E-state index in [4.69, 9.17) is 0 Å². The van der Waals surface area contributed by atoms with Gasteiger partial charge in [-0.15, -0.1) is 0 Å². The van der Waals surface area contributed by atoms with Crippen LogP contribution in [-0.2, 0) is 20.9 Å². The molecule has 0 radical (unpaired) electrons. The minimum Gasteiger partial charge on any atom is -0.507 e. The van der Waals surface area contributed by atoms with Gasteiger partial charge >= 0.3 is 0 Å². The highest BCUT2D eigenvalue weighted by Gasteiger charge is 2.31. The average Bonchev–Trinajstić information content (AvgIpc) is 2.37. The van der Waals surface area contributed by atoms with Crippen LogP contribution in [0.2, 0.25) is 0 Å². The Labute approximate surface area is 128 Å². The second-order valence-electron chi connectivity index (χ2n) is 6.82. The maximum absolute atomic E-state index is 11.6. The molecule has 2 N–H and O–H groups in total. The highest BCUT2D eigenvalue weighted by atomic mass is 32.2. The Hall–Kier alpha value is -1.07. The van der Waals surface area contributed by atoms with Crippen LogP contribution in [0.5, 0.6) is 5.75 Å². The molecule has 0 heterocycles. The number of rotatable bonds is 5. The number of phenols is 1. The lowest BCUT2D eigenvalue weighted by molar-refractivity contribution is 0.398. The molecule has 0 saturated carbocycles. The predicted octanol–water partition coefficient (Wildman–Crippen LogP) is 4.01. The minimum atomic E-state index is -4.31. The summed E-state index contributed by atoms with van der Waals surface area (Å²) in [6, 6.07) is 2.76. The fourth-order valence-electron chi connectivity index (χ4n) is 2.17. The average molecular weight is 314 g/mol. The SMILES string of the molecule is CCC(C)(C)c1cc(S(=O)(=O)O)cc(C(C)(C)CC)c1O. The number of benzene rings is 1. The van der Waals surface area contributed by atoms with Crippen molar-refractivity contribution < 1.29 is 18.1 Å². The molecule has 21 heavy (non-hydrogen) atoms. The lowest BCUT2D eigenvalue weighted by Gasteiger charge is -2.31. The zero-order chi connectivity index (χ0) is 16.6. The van der Waals surface area contributed by atoms with Crippen LogP contribution in [0.4, 0.5) is 0 Å². The fraction of sp³-hybridized carbons (Fsp3) is 0.625. The van der Waals surface area contributed by atoms with E-state index in [-0.39, 0.29) is 21.5 Å². The van der Waals surface area contributed by atoms with Crippen molar-refractivity contribution in [2.24, 2.45) is 0 Å². The van der Waals surface area contributed by atoms with Gasteiger partial charge in [0.15, 0.2) is 0 Å². The zero-order valence-corrected chi connectivity index (χ0v) is 14.5. The third-order valence-corrected chi connectivity index (χ3v) is 5.44. The van der Waals surface area contributed by atoms with E-state index >= 15 is 0 Å². The first-order valence-electron chi connectivity index (χ1n) is 7.22. The number of hydrogen-bond donors (Lipinski definition) is 2. The third kappa shape index (κ3) is 3.58. The molecule has 1 aromatic rings. The molecule has 0 fully saturated rings. The molecule has 0 saturated heterocycles. The summed E-state index contributed by atoms with van der Waals surface area (Å²) < 4.78 is 32.5. The Morgan fingerprint density at radius 1 is 0.952 bits per heavy atom. The van der Waals surface area contributed by atoms with E-state index in [1.807, 2.05) is 41.5 Å². The maximum atomic E-state index is 11.6. The summed E-state index contributed by atoms with van der Waals surface area (Å²) in [7, 11) is -4.31. The van der Waals surface area contributed by atoms with Crippen molar-refractivity contribution in [3.05, 3.63) is 23.3 Å². The van der Waals surface area contributed by atoms with Gasteiger partial charge in [-0.05, 0) is 35.8 Å². The van der Waals surface area contributed by atoms with Gasteiger partial charge in [-0.2, -0.15) is 8.42 Å². The first-order valence-corrected chi connectivity index (χ1v) is 8.66. The van der Waals surface area contributed by atoms with E-state index in [2.05, 4.69) is 0 Å². The van der Waals surface area contributed by atoms with E-state index in [1.54, 1.807) is 0 Å². The molecule has 0 aromatic heterocycles. The Morgan fingerprint density at radius 3 is 1.52 bits per heavy atom. The Balaban J connectivity index is 3.79. The van der Waals surface area contributed by atoms with Gasteiger partial charge < -0.3 is 5.11 Å². The van der Waals surface area contributed by atoms with Gasteiger partial charge in [0, 0.05) is 11.1 Å². The molecule has 0 aliphatic rings. The molecule has 0 amide bonds. The van der Waals surface area contributed by atoms with Crippen LogP contribution in [0.1, 0.15) is 65.5 Å². The first kappa shape index (κ1) is 18.0. The molecule has 1 aromatic carbocycles. The van der Waals surface area contributed by atoms with Gasteiger partial charge in [-0.25, -0.2) is 0 Å². The van der Waals surface area contributed by atoms with Crippen molar-refractivity contribution in [2.75, 3.05) is 0 Å². The van der Waals surface area contributed by atoms with Crippen LogP contribution in [0.15, 0.2) is 17.0 Å². The molecule has 0 aliphatic carbocycles. The lowest BCUT2D eigenvalue weighted by Crippen LogP contribution is -2.22. The van der Waals surface area contributed by atoms with Crippen molar-refractivity contribution in [2.45, 2.75) is 70.1 Å². The monoisotopic (exact) mass is 314 g/mol. The van der Waals surface area contributed by atoms with Crippen molar-refractivity contribution in [1.82, 2.24) is 0 Å². The fourth-order valence-corrected chi connectivity index (χ4v) is 2.70. The van der Waals surface area contributed by atoms with Crippen LogP contribution in [-0.4, -0.2) is 18.1 Å². The van der Waals surface area contributed by atoms with Crippen LogP contribution < -0.4 is 0 Å². The summed E-state index contributed by atoms with van der Waals surface area (Å²) in [5, 5.41) is 10.6. The zero-order valence-electron chi connectivity index (χ0n) is 13.7. The maximum Gasteiger partial charge on any atom is 0.294 e. The highest BCUT2D eigenvalue weighted by molar-refractivity contribution is 7.85. The van der Waals surface area contributed by atoms with Crippen molar-refractivity contribution in [1.29, 1.82) is 0 Å². The largest absolute Gasteiger partial charge is 0.507 e. The van der Waals surface area contributed by atoms with E-state index in [0.29, 0.717) is 11.1 Å². The second kappa shape index (κ2) is 5.61. The smallest absolute Gasteiger partial charge is 0.294 e. The molecule has 4 nitrogen and oxygen atoms in total. The van der Waals surface area contributed by atoms with Crippen LogP contribution in [0.3, 0.4) is 0 Å². The van der Waals surface area contributed by atoms with Gasteiger partial charge in [0.2, 0.25) is 0 Å². The minimum absolute atomic E-state index is 0.126. The molecule has 0 spiro atoms. The van der Waals surface area contributed by atoms with Crippen LogP contribution in [0.25, 0.3) is 0 Å². The van der Waals surface area contributed by atoms with E-state index in [9.17, 15) is 18.1 Å². The molecule has 0 unspecified atom stereocenters. The summed E-state index contributed by atoms with van der Waals surface area (Å²) in [6.45, 7) is 11.7. The van der Waals surface area contributed by atoms with Crippen molar-refractivity contribution in [3.8, 4) is 5.75 Å². The molecule has 120 valence electrons. The first-order chi connectivity index (χ1) is 9.36. The van der Waals surface area contributed by atoms with E-state index in [0.717, 1.165) is 12.8 Å². The molecule has 0 aliphatic heterocycles. The predicted molar refractivity (Wildman–Crippen MR) is 84.6 cm³/mol. The van der Waals surface area contributed by atoms with Gasteiger partial charge in [0.05, 0.1) is 4.90 Å². The second-order valence-corrected chi connectivity index (χ2v) is 8.24. The summed E-state index contributed by atoms with van der Waals surface area (Å²) in [6.07, 6.45) is 1.48. The molecular formula is C16H26O4S. The quantitative estimate of drug-likeness (QED) is 0.805. The van der Waals surface area contributed by atoms with E-state index in [1.165, 1.54) is 12.1 Å². The number of aromatic hydroxyl groups is 1. The standard InChI is InChI=1S/C16H26O4S/c1-7-15(3,4)12-9-11(21(18,19)20)10-13(14(12)17)16(5,6)8-2/h9-10,17H,7-8H2,1-6H3,(H,18,19,20). The summed E-state index contributed by atoms with van der Waals surface area (Å²) >= 11 is 0. The molecule has 1 rings (SSSR count). The Morgan fingerprint density at radius 2 is 1.29 bits per heavy atom. The Bertz CT molecular complexity index is 591. The summed E-state index contributed by atoms with van der Waals surface area (Å²) in [5.41, 5.74) is 0.334. The topological polar surface area (TPSA) is 74.6 Å². The lowest BCUT2D eigenvalue weighted by atomic mass is 9.76. The summed E-state index contributed by atoms with van der Waals surface area (Å²) in [4.78, 5) is -0.159. The Kier molecular flexibility index (Phi) is 4.81. The van der Waals surface area contributed by atoms with Gasteiger partial charge in [-0.3, -0.25) is 4.55 Å². The molecule has 0 bridgehead atoms. The van der Waals surface area contributed by atoms with E-state index < -0.39 is 10.1 Å².